The average Bonchev–Trinajstić information content (AvgIpc) is 2.15. The molecule has 0 aliphatic rings. The third-order valence-corrected chi connectivity index (χ3v) is 3.14. The minimum Gasteiger partial charge on any atom is -0.250 e. The highest BCUT2D eigenvalue weighted by Gasteiger charge is 2.13. The molecule has 1 aromatic carbocycles. The summed E-state index contributed by atoms with van der Waals surface area (Å²) in [6.07, 6.45) is 0. The summed E-state index contributed by atoms with van der Waals surface area (Å²) >= 11 is 0. The molecule has 1 atom stereocenters. The normalized spacial score (nSPS) is 13.6. The molecule has 0 N–H and O–H groups in total. The Morgan fingerprint density at radius 1 is 1.21 bits per heavy atom. The molecule has 0 radical (unpaired) electrons. The standard InChI is InChI=1S/C12H16OS/c1-5-14(13)11-8-6-10(7-9-11)12(2,3)4/h5-9H,1H2,2-4H3/t14-/m1/s1. The van der Waals surface area contributed by atoms with Crippen LogP contribution in [0.4, 0.5) is 0 Å². The van der Waals surface area contributed by atoms with Crippen LogP contribution in [-0.2, 0) is 16.2 Å². The first kappa shape index (κ1) is 11.2. The van der Waals surface area contributed by atoms with Gasteiger partial charge in [-0.25, -0.2) is 4.21 Å². The summed E-state index contributed by atoms with van der Waals surface area (Å²) in [4.78, 5) is 0.813. The molecule has 1 nitrogen and oxygen atoms in total. The minimum atomic E-state index is -1.06. The van der Waals surface area contributed by atoms with Gasteiger partial charge in [0, 0.05) is 10.3 Å². The Morgan fingerprint density at radius 3 is 2.07 bits per heavy atom. The summed E-state index contributed by atoms with van der Waals surface area (Å²) in [5, 5.41) is 1.45. The molecule has 1 aromatic rings. The summed E-state index contributed by atoms with van der Waals surface area (Å²) in [5.41, 5.74) is 1.40. The highest BCUT2D eigenvalue weighted by atomic mass is 32.2. The fourth-order valence-corrected chi connectivity index (χ4v) is 1.78. The van der Waals surface area contributed by atoms with Crippen molar-refractivity contribution in [2.45, 2.75) is 31.1 Å². The molecule has 0 amide bonds. The van der Waals surface area contributed by atoms with E-state index >= 15 is 0 Å². The van der Waals surface area contributed by atoms with Crippen LogP contribution in [-0.4, -0.2) is 4.21 Å². The lowest BCUT2D eigenvalue weighted by Crippen LogP contribution is -2.10. The highest BCUT2D eigenvalue weighted by Crippen LogP contribution is 2.22. The van der Waals surface area contributed by atoms with Gasteiger partial charge in [-0.2, -0.15) is 0 Å². The van der Waals surface area contributed by atoms with Crippen molar-refractivity contribution in [1.29, 1.82) is 0 Å². The summed E-state index contributed by atoms with van der Waals surface area (Å²) in [6, 6.07) is 7.85. The molecule has 0 saturated carbocycles. The highest BCUT2D eigenvalue weighted by molar-refractivity contribution is 7.88. The van der Waals surface area contributed by atoms with Crippen LogP contribution in [0.15, 0.2) is 41.1 Å². The number of rotatable bonds is 2. The minimum absolute atomic E-state index is 0.147. The van der Waals surface area contributed by atoms with Gasteiger partial charge >= 0.3 is 0 Å². The molecule has 0 unspecified atom stereocenters. The fourth-order valence-electron chi connectivity index (χ4n) is 1.19. The molecule has 14 heavy (non-hydrogen) atoms. The second-order valence-corrected chi connectivity index (χ2v) is 5.64. The molecule has 0 aromatic heterocycles. The van der Waals surface area contributed by atoms with Gasteiger partial charge in [0.15, 0.2) is 0 Å². The van der Waals surface area contributed by atoms with Gasteiger partial charge < -0.3 is 0 Å². The van der Waals surface area contributed by atoms with E-state index in [4.69, 9.17) is 0 Å². The predicted octanol–water partition coefficient (Wildman–Crippen LogP) is 3.24. The van der Waals surface area contributed by atoms with Gasteiger partial charge in [0.2, 0.25) is 0 Å². The van der Waals surface area contributed by atoms with Gasteiger partial charge in [0.1, 0.15) is 0 Å². The lowest BCUT2D eigenvalue weighted by atomic mass is 9.87. The molecule has 0 fully saturated rings. The maximum Gasteiger partial charge on any atom is 0.0769 e. The van der Waals surface area contributed by atoms with E-state index in [-0.39, 0.29) is 5.41 Å². The van der Waals surface area contributed by atoms with E-state index < -0.39 is 10.8 Å². The van der Waals surface area contributed by atoms with Gasteiger partial charge in [-0.05, 0) is 23.1 Å². The second kappa shape index (κ2) is 4.09. The Hall–Kier alpha value is -0.890. The van der Waals surface area contributed by atoms with Crippen molar-refractivity contribution in [1.82, 2.24) is 0 Å². The molecule has 0 heterocycles. The lowest BCUT2D eigenvalue weighted by molar-refractivity contribution is 0.589. The molecular formula is C12H16OS. The molecular weight excluding hydrogens is 192 g/mol. The molecule has 76 valence electrons. The van der Waals surface area contributed by atoms with E-state index in [1.165, 1.54) is 11.0 Å². The van der Waals surface area contributed by atoms with Crippen molar-refractivity contribution in [3.05, 3.63) is 41.8 Å². The quantitative estimate of drug-likeness (QED) is 0.729. The summed E-state index contributed by atoms with van der Waals surface area (Å²) in [7, 11) is -1.06. The van der Waals surface area contributed by atoms with Crippen molar-refractivity contribution < 1.29 is 4.21 Å². The summed E-state index contributed by atoms with van der Waals surface area (Å²) < 4.78 is 11.4. The van der Waals surface area contributed by atoms with E-state index in [2.05, 4.69) is 27.4 Å². The van der Waals surface area contributed by atoms with Crippen LogP contribution in [0.2, 0.25) is 0 Å². The first-order valence-electron chi connectivity index (χ1n) is 4.59. The van der Waals surface area contributed by atoms with Crippen molar-refractivity contribution >= 4 is 10.8 Å². The van der Waals surface area contributed by atoms with E-state index in [1.807, 2.05) is 24.3 Å². The summed E-state index contributed by atoms with van der Waals surface area (Å²) in [5.74, 6) is 0. The maximum absolute atomic E-state index is 11.4. The Kier molecular flexibility index (Phi) is 3.27. The van der Waals surface area contributed by atoms with Crippen molar-refractivity contribution in [3.8, 4) is 0 Å². The molecule has 0 aliphatic heterocycles. The van der Waals surface area contributed by atoms with Gasteiger partial charge in [-0.3, -0.25) is 0 Å². The molecule has 2 heteroatoms. The Morgan fingerprint density at radius 2 is 1.71 bits per heavy atom. The lowest BCUT2D eigenvalue weighted by Gasteiger charge is -2.18. The van der Waals surface area contributed by atoms with Crippen LogP contribution < -0.4 is 0 Å². The van der Waals surface area contributed by atoms with Crippen LogP contribution in [0.3, 0.4) is 0 Å². The Labute approximate surface area is 88.3 Å². The Bertz CT molecular complexity index is 344. The van der Waals surface area contributed by atoms with Crippen LogP contribution >= 0.6 is 0 Å². The van der Waals surface area contributed by atoms with E-state index in [9.17, 15) is 4.21 Å². The molecule has 0 bridgehead atoms. The van der Waals surface area contributed by atoms with Gasteiger partial charge in [-0.1, -0.05) is 39.5 Å². The molecule has 1 rings (SSSR count). The zero-order chi connectivity index (χ0) is 10.8. The van der Waals surface area contributed by atoms with E-state index in [1.54, 1.807) is 0 Å². The molecule has 0 saturated heterocycles. The van der Waals surface area contributed by atoms with Gasteiger partial charge in [-0.15, -0.1) is 0 Å². The van der Waals surface area contributed by atoms with Crippen molar-refractivity contribution in [2.24, 2.45) is 0 Å². The van der Waals surface area contributed by atoms with Crippen LogP contribution in [0, 0.1) is 0 Å². The zero-order valence-electron chi connectivity index (χ0n) is 8.91. The van der Waals surface area contributed by atoms with Gasteiger partial charge in [0.05, 0.1) is 10.8 Å². The number of benzene rings is 1. The number of hydrogen-bond acceptors (Lipinski definition) is 1. The fraction of sp³-hybridized carbons (Fsp3) is 0.333. The first-order valence-corrected chi connectivity index (χ1v) is 5.80. The summed E-state index contributed by atoms with van der Waals surface area (Å²) in [6.45, 7) is 9.99. The maximum atomic E-state index is 11.4. The second-order valence-electron chi connectivity index (χ2n) is 4.24. The monoisotopic (exact) mass is 208 g/mol. The van der Waals surface area contributed by atoms with Gasteiger partial charge in [0.25, 0.3) is 0 Å². The third kappa shape index (κ3) is 2.55. The SMILES string of the molecule is C=C[S@@](=O)c1ccc(C(C)(C)C)cc1. The topological polar surface area (TPSA) is 17.1 Å². The van der Waals surface area contributed by atoms with Crippen LogP contribution in [0.25, 0.3) is 0 Å². The van der Waals surface area contributed by atoms with Crippen molar-refractivity contribution in [3.63, 3.8) is 0 Å². The zero-order valence-corrected chi connectivity index (χ0v) is 9.73. The smallest absolute Gasteiger partial charge is 0.0769 e. The molecule has 0 aliphatic carbocycles. The molecule has 0 spiro atoms. The average molecular weight is 208 g/mol. The first-order chi connectivity index (χ1) is 6.45. The largest absolute Gasteiger partial charge is 0.250 e. The third-order valence-electron chi connectivity index (χ3n) is 2.10. The van der Waals surface area contributed by atoms with E-state index in [0.29, 0.717) is 0 Å². The Balaban J connectivity index is 3.00. The predicted molar refractivity (Wildman–Crippen MR) is 61.7 cm³/mol. The number of hydrogen-bond donors (Lipinski definition) is 0. The van der Waals surface area contributed by atoms with Crippen molar-refractivity contribution in [2.75, 3.05) is 0 Å². The van der Waals surface area contributed by atoms with Crippen LogP contribution in [0.1, 0.15) is 26.3 Å². The van der Waals surface area contributed by atoms with E-state index in [0.717, 1.165) is 4.90 Å². The van der Waals surface area contributed by atoms with Crippen LogP contribution in [0.5, 0.6) is 0 Å².